The molecule has 0 spiro atoms. The lowest BCUT2D eigenvalue weighted by molar-refractivity contribution is -0.0361. The number of amides is 1. The Hall–Kier alpha value is -3.23. The number of carbonyl (C=O) groups excluding carboxylic acids is 1. The van der Waals surface area contributed by atoms with E-state index in [1.54, 1.807) is 12.3 Å². The molecule has 9 heteroatoms. The normalized spacial score (nSPS) is 18.9. The Kier molecular flexibility index (Phi) is 4.52. The first-order chi connectivity index (χ1) is 14.5. The third-order valence-corrected chi connectivity index (χ3v) is 5.66. The fraction of sp³-hybridized carbons (Fsp3) is 0.381. The van der Waals surface area contributed by atoms with Gasteiger partial charge in [-0.05, 0) is 30.5 Å². The van der Waals surface area contributed by atoms with Gasteiger partial charge in [-0.25, -0.2) is 13.8 Å². The van der Waals surface area contributed by atoms with E-state index in [4.69, 9.17) is 4.74 Å². The molecule has 0 atom stereocenters. The Balaban J connectivity index is 1.39. The second-order valence-electron chi connectivity index (χ2n) is 7.75. The molecule has 1 aromatic carbocycles. The lowest BCUT2D eigenvalue weighted by atomic mass is 9.92. The second-order valence-corrected chi connectivity index (χ2v) is 7.75. The molecular formula is C21H21F2N5O2. The van der Waals surface area contributed by atoms with Crippen LogP contribution in [0.4, 0.5) is 14.7 Å². The third-order valence-electron chi connectivity index (χ3n) is 5.66. The van der Waals surface area contributed by atoms with Crippen LogP contribution in [-0.2, 0) is 0 Å². The number of nitrogens with zero attached hydrogens (tertiary/aromatic N) is 2. The topological polar surface area (TPSA) is 91.9 Å². The molecule has 30 heavy (non-hydrogen) atoms. The van der Waals surface area contributed by atoms with E-state index in [1.807, 2.05) is 18.3 Å². The largest absolute Gasteiger partial charge is 0.491 e. The van der Waals surface area contributed by atoms with Crippen LogP contribution in [-0.4, -0.2) is 46.0 Å². The fourth-order valence-electron chi connectivity index (χ4n) is 4.00. The molecule has 1 aliphatic heterocycles. The number of aromatic amines is 1. The number of fused-ring (bicyclic) bond motifs is 2. The summed E-state index contributed by atoms with van der Waals surface area (Å²) in [5.74, 6) is -1.74. The smallest absolute Gasteiger partial charge is 0.255 e. The summed E-state index contributed by atoms with van der Waals surface area (Å²) < 4.78 is 32.4. The highest BCUT2D eigenvalue weighted by Crippen LogP contribution is 2.35. The lowest BCUT2D eigenvalue weighted by Gasteiger charge is -2.28. The number of aromatic nitrogens is 3. The molecule has 0 saturated heterocycles. The van der Waals surface area contributed by atoms with Gasteiger partial charge in [0.15, 0.2) is 0 Å². The van der Waals surface area contributed by atoms with Crippen LogP contribution in [0.1, 0.15) is 36.0 Å². The van der Waals surface area contributed by atoms with Crippen LogP contribution in [0.5, 0.6) is 5.75 Å². The molecular weight excluding hydrogens is 392 g/mol. The highest BCUT2D eigenvalue weighted by Gasteiger charge is 2.35. The highest BCUT2D eigenvalue weighted by atomic mass is 19.3. The lowest BCUT2D eigenvalue weighted by Crippen LogP contribution is -2.32. The predicted molar refractivity (Wildman–Crippen MR) is 108 cm³/mol. The third kappa shape index (κ3) is 3.55. The number of hydrogen-bond donors (Lipinski definition) is 3. The molecule has 3 N–H and O–H groups in total. The molecule has 2 aromatic heterocycles. The van der Waals surface area contributed by atoms with E-state index < -0.39 is 5.92 Å². The molecule has 7 nitrogen and oxygen atoms in total. The Morgan fingerprint density at radius 3 is 2.87 bits per heavy atom. The van der Waals surface area contributed by atoms with Crippen molar-refractivity contribution in [3.8, 4) is 16.9 Å². The Labute approximate surface area is 171 Å². The van der Waals surface area contributed by atoms with E-state index in [2.05, 4.69) is 25.6 Å². The number of benzene rings is 1. The molecule has 0 unspecified atom stereocenters. The van der Waals surface area contributed by atoms with Crippen LogP contribution in [0.25, 0.3) is 22.2 Å². The van der Waals surface area contributed by atoms with Gasteiger partial charge in [0, 0.05) is 42.2 Å². The Bertz CT molecular complexity index is 1100. The Morgan fingerprint density at radius 1 is 1.20 bits per heavy atom. The average Bonchev–Trinajstić information content (AvgIpc) is 3.06. The van der Waals surface area contributed by atoms with Crippen molar-refractivity contribution in [2.24, 2.45) is 0 Å². The summed E-state index contributed by atoms with van der Waals surface area (Å²) in [6.07, 6.45) is 4.12. The number of anilines is 1. The summed E-state index contributed by atoms with van der Waals surface area (Å²) in [5, 5.41) is 6.79. The van der Waals surface area contributed by atoms with Gasteiger partial charge in [-0.1, -0.05) is 6.07 Å². The molecule has 3 heterocycles. The number of halogens is 2. The van der Waals surface area contributed by atoms with E-state index >= 15 is 0 Å². The van der Waals surface area contributed by atoms with Crippen molar-refractivity contribution >= 4 is 22.9 Å². The maximum atomic E-state index is 13.3. The van der Waals surface area contributed by atoms with Gasteiger partial charge < -0.3 is 20.4 Å². The van der Waals surface area contributed by atoms with Gasteiger partial charge in [0.05, 0.1) is 12.1 Å². The summed E-state index contributed by atoms with van der Waals surface area (Å²) in [5.41, 5.74) is 2.94. The van der Waals surface area contributed by atoms with Crippen molar-refractivity contribution in [2.75, 3.05) is 18.5 Å². The minimum absolute atomic E-state index is 0.0515. The van der Waals surface area contributed by atoms with Crippen molar-refractivity contribution in [1.82, 2.24) is 20.3 Å². The van der Waals surface area contributed by atoms with Gasteiger partial charge >= 0.3 is 0 Å². The first-order valence-electron chi connectivity index (χ1n) is 10.0. The van der Waals surface area contributed by atoms with E-state index in [9.17, 15) is 13.6 Å². The van der Waals surface area contributed by atoms with E-state index in [1.165, 1.54) is 0 Å². The first-order valence-corrected chi connectivity index (χ1v) is 10.0. The summed E-state index contributed by atoms with van der Waals surface area (Å²) in [4.78, 5) is 24.1. The van der Waals surface area contributed by atoms with Gasteiger partial charge in [-0.2, -0.15) is 4.98 Å². The minimum Gasteiger partial charge on any atom is -0.491 e. The zero-order chi connectivity index (χ0) is 20.7. The van der Waals surface area contributed by atoms with E-state index in [-0.39, 0.29) is 24.8 Å². The quantitative estimate of drug-likeness (QED) is 0.609. The maximum Gasteiger partial charge on any atom is 0.255 e. The first kappa shape index (κ1) is 18.8. The number of alkyl halides is 2. The summed E-state index contributed by atoms with van der Waals surface area (Å²) in [6, 6.07) is 5.41. The van der Waals surface area contributed by atoms with Crippen LogP contribution in [0.3, 0.4) is 0 Å². The van der Waals surface area contributed by atoms with Crippen LogP contribution in [0, 0.1) is 0 Å². The molecule has 0 bridgehead atoms. The Morgan fingerprint density at radius 2 is 2.03 bits per heavy atom. The molecule has 3 aromatic rings. The van der Waals surface area contributed by atoms with Crippen LogP contribution < -0.4 is 15.4 Å². The molecule has 5 rings (SSSR count). The van der Waals surface area contributed by atoms with Gasteiger partial charge in [0.25, 0.3) is 5.91 Å². The van der Waals surface area contributed by atoms with Crippen LogP contribution in [0.15, 0.2) is 30.6 Å². The van der Waals surface area contributed by atoms with Crippen LogP contribution >= 0.6 is 0 Å². The SMILES string of the molecule is O=C1NCCOc2cc(-c3c[nH]c4nc(NC5CCC(F)(F)CC5)ncc34)ccc21. The minimum atomic E-state index is -2.56. The zero-order valence-electron chi connectivity index (χ0n) is 16.2. The van der Waals surface area contributed by atoms with Crippen molar-refractivity contribution in [1.29, 1.82) is 0 Å². The summed E-state index contributed by atoms with van der Waals surface area (Å²) >= 11 is 0. The highest BCUT2D eigenvalue weighted by molar-refractivity contribution is 5.99. The summed E-state index contributed by atoms with van der Waals surface area (Å²) in [7, 11) is 0. The number of H-pyrrole nitrogens is 1. The maximum absolute atomic E-state index is 13.3. The van der Waals surface area contributed by atoms with E-state index in [0.717, 1.165) is 16.5 Å². The standard InChI is InChI=1S/C21H21F2N5O2/c22-21(23)5-3-13(4-6-21)27-20-26-11-16-15(10-25-18(16)28-20)12-1-2-14-17(9-12)30-8-7-24-19(14)29/h1-2,9-11,13H,3-8H2,(H,24,29)(H2,25,26,27,28). The van der Waals surface area contributed by atoms with Crippen molar-refractivity contribution in [3.05, 3.63) is 36.2 Å². The van der Waals surface area contributed by atoms with Crippen molar-refractivity contribution in [3.63, 3.8) is 0 Å². The van der Waals surface area contributed by atoms with Gasteiger partial charge in [-0.15, -0.1) is 0 Å². The van der Waals surface area contributed by atoms with Gasteiger partial charge in [-0.3, -0.25) is 4.79 Å². The van der Waals surface area contributed by atoms with Crippen molar-refractivity contribution in [2.45, 2.75) is 37.6 Å². The monoisotopic (exact) mass is 413 g/mol. The number of nitrogens with one attached hydrogen (secondary N) is 3. The number of rotatable bonds is 3. The molecule has 1 saturated carbocycles. The van der Waals surface area contributed by atoms with E-state index in [0.29, 0.717) is 48.9 Å². The fourth-order valence-corrected chi connectivity index (χ4v) is 4.00. The number of carbonyl (C=O) groups is 1. The molecule has 1 aliphatic carbocycles. The molecule has 2 aliphatic rings. The van der Waals surface area contributed by atoms with Gasteiger partial charge in [0.1, 0.15) is 18.0 Å². The van der Waals surface area contributed by atoms with Crippen LogP contribution in [0.2, 0.25) is 0 Å². The molecule has 1 amide bonds. The predicted octanol–water partition coefficient (Wildman–Crippen LogP) is 3.74. The second kappa shape index (κ2) is 7.23. The summed E-state index contributed by atoms with van der Waals surface area (Å²) in [6.45, 7) is 0.888. The van der Waals surface area contributed by atoms with Gasteiger partial charge in [0.2, 0.25) is 11.9 Å². The average molecular weight is 413 g/mol. The molecule has 1 fully saturated rings. The zero-order valence-corrected chi connectivity index (χ0v) is 16.2. The number of ether oxygens (including phenoxy) is 1. The van der Waals surface area contributed by atoms with Crippen molar-refractivity contribution < 1.29 is 18.3 Å². The molecule has 156 valence electrons. The number of hydrogen-bond acceptors (Lipinski definition) is 5. The molecule has 0 radical (unpaired) electrons.